The lowest BCUT2D eigenvalue weighted by molar-refractivity contribution is -0.151. The predicted octanol–water partition coefficient (Wildman–Crippen LogP) is 6.27. The third kappa shape index (κ3) is 5.39. The van der Waals surface area contributed by atoms with Crippen molar-refractivity contribution in [3.63, 3.8) is 0 Å². The quantitative estimate of drug-likeness (QED) is 0.294. The number of carboxylic acid groups (broad SMARTS) is 1. The average Bonchev–Trinajstić information content (AvgIpc) is 2.86. The molecule has 3 atom stereocenters. The van der Waals surface area contributed by atoms with Gasteiger partial charge in [0.05, 0.1) is 18.5 Å². The number of benzene rings is 2. The SMILES string of the molecule is CO[P+](=O)C(CCC(C)C)(C(=O)O)C(O)(Cc1ccc(F)cc1C)c1cccc(-c2ccccc2)n1. The number of aryl methyl sites for hydroxylation is 1. The molecule has 8 heteroatoms. The number of aliphatic carboxylic acids is 1. The lowest BCUT2D eigenvalue weighted by atomic mass is 9.74. The summed E-state index contributed by atoms with van der Waals surface area (Å²) in [5.74, 6) is -1.82. The molecular formula is C28H32FNO5P+. The lowest BCUT2D eigenvalue weighted by Crippen LogP contribution is -2.57. The highest BCUT2D eigenvalue weighted by Gasteiger charge is 2.72. The van der Waals surface area contributed by atoms with Crippen LogP contribution in [-0.2, 0) is 25.9 Å². The molecule has 1 heterocycles. The molecule has 0 saturated carbocycles. The number of aliphatic hydroxyl groups is 1. The summed E-state index contributed by atoms with van der Waals surface area (Å²) in [6.07, 6.45) is 0.00996. The van der Waals surface area contributed by atoms with E-state index in [1.54, 1.807) is 19.1 Å². The van der Waals surface area contributed by atoms with Gasteiger partial charge >= 0.3 is 19.2 Å². The largest absolute Gasteiger partial charge is 0.529 e. The lowest BCUT2D eigenvalue weighted by Gasteiger charge is -2.37. The van der Waals surface area contributed by atoms with E-state index in [0.717, 1.165) is 5.56 Å². The van der Waals surface area contributed by atoms with Crippen LogP contribution in [0.3, 0.4) is 0 Å². The van der Waals surface area contributed by atoms with E-state index in [0.29, 0.717) is 23.2 Å². The molecule has 0 fully saturated rings. The van der Waals surface area contributed by atoms with Gasteiger partial charge in [-0.3, -0.25) is 0 Å². The highest BCUT2D eigenvalue weighted by atomic mass is 31.1. The molecule has 0 spiro atoms. The summed E-state index contributed by atoms with van der Waals surface area (Å²) >= 11 is 0. The average molecular weight is 513 g/mol. The molecule has 0 aliphatic carbocycles. The second kappa shape index (κ2) is 11.4. The number of rotatable bonds is 11. The summed E-state index contributed by atoms with van der Waals surface area (Å²) < 4.78 is 32.5. The molecule has 0 saturated heterocycles. The molecule has 0 bridgehead atoms. The van der Waals surface area contributed by atoms with Gasteiger partial charge in [0.1, 0.15) is 5.82 Å². The number of halogens is 1. The van der Waals surface area contributed by atoms with Gasteiger partial charge in [0.25, 0.3) is 0 Å². The van der Waals surface area contributed by atoms with Gasteiger partial charge < -0.3 is 10.2 Å². The van der Waals surface area contributed by atoms with Crippen molar-refractivity contribution in [1.82, 2.24) is 4.98 Å². The second-order valence-corrected chi connectivity index (χ2v) is 11.1. The third-order valence-corrected chi connectivity index (χ3v) is 8.33. The number of carboxylic acids is 1. The van der Waals surface area contributed by atoms with E-state index in [2.05, 4.69) is 4.98 Å². The van der Waals surface area contributed by atoms with E-state index in [-0.39, 0.29) is 24.5 Å². The van der Waals surface area contributed by atoms with Crippen LogP contribution in [0, 0.1) is 18.7 Å². The number of hydrogen-bond donors (Lipinski definition) is 2. The van der Waals surface area contributed by atoms with Gasteiger partial charge in [-0.1, -0.05) is 56.3 Å². The Balaban J connectivity index is 2.32. The standard InChI is InChI=1S/C28H31FNO5P/c1-19(2)15-16-28(26(31)32,36(34)35-4)27(33,18-22-13-14-23(29)17-20(22)3)25-12-8-11-24(30-25)21-9-6-5-7-10-21/h5-14,17,19,33H,15-16,18H2,1-4H3/p+1. The van der Waals surface area contributed by atoms with Gasteiger partial charge in [0.2, 0.25) is 0 Å². The molecule has 3 aromatic rings. The van der Waals surface area contributed by atoms with Crippen LogP contribution >= 0.6 is 8.03 Å². The van der Waals surface area contributed by atoms with Crippen molar-refractivity contribution in [3.8, 4) is 11.3 Å². The molecule has 190 valence electrons. The Morgan fingerprint density at radius 3 is 2.39 bits per heavy atom. The third-order valence-electron chi connectivity index (χ3n) is 6.59. The molecule has 3 rings (SSSR count). The van der Waals surface area contributed by atoms with Gasteiger partial charge in [0.15, 0.2) is 5.60 Å². The Bertz CT molecular complexity index is 1240. The topological polar surface area (TPSA) is 96.7 Å². The maximum Gasteiger partial charge on any atom is 0.529 e. The highest BCUT2D eigenvalue weighted by molar-refractivity contribution is 7.42. The first kappa shape index (κ1) is 27.6. The summed E-state index contributed by atoms with van der Waals surface area (Å²) in [6, 6.07) is 18.3. The number of carbonyl (C=O) groups is 1. The first-order chi connectivity index (χ1) is 17.0. The fraction of sp³-hybridized carbons (Fsp3) is 0.357. The molecule has 0 radical (unpaired) electrons. The van der Waals surface area contributed by atoms with Crippen LogP contribution in [0.5, 0.6) is 0 Å². The Hall–Kier alpha value is -2.99. The normalized spacial score (nSPS) is 15.2. The first-order valence-corrected chi connectivity index (χ1v) is 13.0. The molecular weight excluding hydrogens is 480 g/mol. The zero-order valence-corrected chi connectivity index (χ0v) is 21.8. The Morgan fingerprint density at radius 1 is 1.11 bits per heavy atom. The van der Waals surface area contributed by atoms with E-state index in [1.807, 2.05) is 44.2 Å². The molecule has 36 heavy (non-hydrogen) atoms. The molecule has 6 nitrogen and oxygen atoms in total. The van der Waals surface area contributed by atoms with Crippen molar-refractivity contribution in [2.24, 2.45) is 5.92 Å². The molecule has 0 amide bonds. The van der Waals surface area contributed by atoms with Gasteiger partial charge in [-0.2, -0.15) is 0 Å². The van der Waals surface area contributed by atoms with Crippen LogP contribution in [0.2, 0.25) is 0 Å². The van der Waals surface area contributed by atoms with Crippen molar-refractivity contribution in [2.75, 3.05) is 7.11 Å². The Labute approximate surface area is 212 Å². The van der Waals surface area contributed by atoms with Gasteiger partial charge in [-0.25, -0.2) is 14.2 Å². The van der Waals surface area contributed by atoms with Gasteiger partial charge in [0, 0.05) is 18.4 Å². The monoisotopic (exact) mass is 512 g/mol. The van der Waals surface area contributed by atoms with Crippen molar-refractivity contribution in [3.05, 3.63) is 89.4 Å². The van der Waals surface area contributed by atoms with Crippen LogP contribution in [0.1, 0.15) is 43.5 Å². The van der Waals surface area contributed by atoms with Gasteiger partial charge in [-0.15, -0.1) is 4.52 Å². The number of pyridine rings is 1. The van der Waals surface area contributed by atoms with E-state index < -0.39 is 30.6 Å². The van der Waals surface area contributed by atoms with Crippen molar-refractivity contribution in [1.29, 1.82) is 0 Å². The fourth-order valence-electron chi connectivity index (χ4n) is 4.48. The zero-order chi connectivity index (χ0) is 26.5. The predicted molar refractivity (Wildman–Crippen MR) is 137 cm³/mol. The van der Waals surface area contributed by atoms with Crippen LogP contribution in [-0.4, -0.2) is 33.4 Å². The van der Waals surface area contributed by atoms with Crippen molar-refractivity contribution in [2.45, 2.75) is 50.8 Å². The van der Waals surface area contributed by atoms with E-state index in [1.165, 1.54) is 31.4 Å². The first-order valence-electron chi connectivity index (χ1n) is 11.8. The minimum Gasteiger partial charge on any atom is -0.477 e. The van der Waals surface area contributed by atoms with Crippen LogP contribution < -0.4 is 0 Å². The minimum atomic E-state index is -2.90. The molecule has 2 aromatic carbocycles. The molecule has 2 N–H and O–H groups in total. The Morgan fingerprint density at radius 2 is 1.81 bits per heavy atom. The van der Waals surface area contributed by atoms with Crippen molar-refractivity contribution >= 4 is 14.0 Å². The van der Waals surface area contributed by atoms with E-state index in [4.69, 9.17) is 4.52 Å². The number of hydrogen-bond acceptors (Lipinski definition) is 5. The molecule has 3 unspecified atom stereocenters. The maximum atomic E-state index is 13.9. The summed E-state index contributed by atoms with van der Waals surface area (Å²) in [4.78, 5) is 17.7. The van der Waals surface area contributed by atoms with E-state index >= 15 is 0 Å². The molecule has 0 aliphatic heterocycles. The molecule has 1 aromatic heterocycles. The van der Waals surface area contributed by atoms with Crippen molar-refractivity contribution < 1.29 is 28.5 Å². The summed E-state index contributed by atoms with van der Waals surface area (Å²) in [5.41, 5.74) is 0.157. The maximum absolute atomic E-state index is 13.9. The number of aromatic nitrogens is 1. The van der Waals surface area contributed by atoms with Gasteiger partial charge in [-0.05, 0) is 59.2 Å². The summed E-state index contributed by atoms with van der Waals surface area (Å²) in [7, 11) is -1.73. The fourth-order valence-corrected chi connectivity index (χ4v) is 5.76. The van der Waals surface area contributed by atoms with Crippen LogP contribution in [0.4, 0.5) is 4.39 Å². The van der Waals surface area contributed by atoms with Crippen LogP contribution in [0.25, 0.3) is 11.3 Å². The summed E-state index contributed by atoms with van der Waals surface area (Å²) in [6.45, 7) is 5.52. The zero-order valence-electron chi connectivity index (χ0n) is 20.9. The van der Waals surface area contributed by atoms with Crippen LogP contribution in [0.15, 0.2) is 66.7 Å². The number of nitrogens with zero attached hydrogens (tertiary/aromatic N) is 1. The minimum absolute atomic E-state index is 0.0548. The smallest absolute Gasteiger partial charge is 0.477 e. The highest BCUT2D eigenvalue weighted by Crippen LogP contribution is 2.56. The van der Waals surface area contributed by atoms with E-state index in [9.17, 15) is 24.0 Å². The molecule has 0 aliphatic rings. The summed E-state index contributed by atoms with van der Waals surface area (Å²) in [5, 5.41) is 20.9. The second-order valence-electron chi connectivity index (χ2n) is 9.42. The Kier molecular flexibility index (Phi) is 8.72.